The highest BCUT2D eigenvalue weighted by molar-refractivity contribution is 9.10. The molecule has 21 heavy (non-hydrogen) atoms. The Kier molecular flexibility index (Phi) is 4.42. The predicted octanol–water partition coefficient (Wildman–Crippen LogP) is 4.25. The summed E-state index contributed by atoms with van der Waals surface area (Å²) in [7, 11) is 0. The summed E-state index contributed by atoms with van der Waals surface area (Å²) in [5.41, 5.74) is 6.33. The molecule has 0 aliphatic carbocycles. The number of hydrogen-bond acceptors (Lipinski definition) is 5. The van der Waals surface area contributed by atoms with Crippen LogP contribution >= 0.6 is 15.9 Å². The van der Waals surface area contributed by atoms with Gasteiger partial charge in [0.1, 0.15) is 5.75 Å². The summed E-state index contributed by atoms with van der Waals surface area (Å²) in [6, 6.07) is 8.36. The van der Waals surface area contributed by atoms with E-state index in [1.165, 1.54) is 12.1 Å². The summed E-state index contributed by atoms with van der Waals surface area (Å²) >= 11 is 3.42. The summed E-state index contributed by atoms with van der Waals surface area (Å²) in [5, 5.41) is 10.7. The number of anilines is 1. The Morgan fingerprint density at radius 3 is 2.62 bits per heavy atom. The Morgan fingerprint density at radius 1 is 1.33 bits per heavy atom. The fraction of sp³-hybridized carbons (Fsp3) is 0.214. The lowest BCUT2D eigenvalue weighted by atomic mass is 10.0. The number of benzene rings is 1. The summed E-state index contributed by atoms with van der Waals surface area (Å²) in [4.78, 5) is 14.0. The molecule has 0 aliphatic rings. The summed E-state index contributed by atoms with van der Waals surface area (Å²) in [6.45, 7) is 4.10. The molecule has 0 spiro atoms. The van der Waals surface area contributed by atoms with E-state index in [0.717, 1.165) is 10.0 Å². The van der Waals surface area contributed by atoms with Crippen LogP contribution in [0.5, 0.6) is 11.6 Å². The van der Waals surface area contributed by atoms with Crippen LogP contribution in [0.4, 0.5) is 11.5 Å². The number of halogens is 1. The molecular weight excluding hydrogens is 338 g/mol. The average molecular weight is 352 g/mol. The first-order valence-electron chi connectivity index (χ1n) is 6.26. The van der Waals surface area contributed by atoms with Crippen molar-refractivity contribution in [3.8, 4) is 11.6 Å². The second-order valence-electron chi connectivity index (χ2n) is 4.75. The minimum absolute atomic E-state index is 0.166. The molecule has 2 rings (SSSR count). The van der Waals surface area contributed by atoms with Gasteiger partial charge in [-0.2, -0.15) is 4.98 Å². The van der Waals surface area contributed by atoms with E-state index in [2.05, 4.69) is 20.9 Å². The fourth-order valence-electron chi connectivity index (χ4n) is 1.84. The Labute approximate surface area is 130 Å². The molecular formula is C14H14BrN3O3. The standard InChI is InChI=1S/C14H14BrN3O3/c1-8(2)10-7-9(15)3-5-12(10)21-13-6-4-11(18(19)20)14(16)17-13/h3-8H,1-2H3,(H2,16,17). The zero-order valence-electron chi connectivity index (χ0n) is 11.5. The Hall–Kier alpha value is -2.15. The number of nitro groups is 1. The van der Waals surface area contributed by atoms with Gasteiger partial charge in [0.2, 0.25) is 11.7 Å². The molecule has 6 nitrogen and oxygen atoms in total. The number of nitrogen functional groups attached to an aromatic ring is 1. The molecule has 0 unspecified atom stereocenters. The monoisotopic (exact) mass is 351 g/mol. The maximum absolute atomic E-state index is 10.7. The molecule has 0 atom stereocenters. The van der Waals surface area contributed by atoms with E-state index >= 15 is 0 Å². The van der Waals surface area contributed by atoms with Crippen LogP contribution in [0, 0.1) is 10.1 Å². The molecule has 1 heterocycles. The molecule has 0 aliphatic heterocycles. The average Bonchev–Trinajstić information content (AvgIpc) is 2.40. The molecule has 0 amide bonds. The van der Waals surface area contributed by atoms with E-state index in [0.29, 0.717) is 5.75 Å². The van der Waals surface area contributed by atoms with Crippen LogP contribution in [-0.2, 0) is 0 Å². The van der Waals surface area contributed by atoms with Gasteiger partial charge >= 0.3 is 5.69 Å². The van der Waals surface area contributed by atoms with Gasteiger partial charge < -0.3 is 10.5 Å². The van der Waals surface area contributed by atoms with Gasteiger partial charge in [0, 0.05) is 16.6 Å². The zero-order chi connectivity index (χ0) is 15.6. The maximum Gasteiger partial charge on any atom is 0.311 e. The third-order valence-corrected chi connectivity index (χ3v) is 3.38. The van der Waals surface area contributed by atoms with Crippen molar-refractivity contribution in [1.82, 2.24) is 4.98 Å². The van der Waals surface area contributed by atoms with Crippen LogP contribution in [-0.4, -0.2) is 9.91 Å². The SMILES string of the molecule is CC(C)c1cc(Br)ccc1Oc1ccc([N+](=O)[O-])c(N)n1. The van der Waals surface area contributed by atoms with Crippen molar-refractivity contribution in [2.45, 2.75) is 19.8 Å². The molecule has 7 heteroatoms. The van der Waals surface area contributed by atoms with E-state index in [1.54, 1.807) is 0 Å². The molecule has 0 fully saturated rings. The maximum atomic E-state index is 10.7. The van der Waals surface area contributed by atoms with E-state index in [1.807, 2.05) is 32.0 Å². The molecule has 1 aromatic heterocycles. The fourth-order valence-corrected chi connectivity index (χ4v) is 2.21. The van der Waals surface area contributed by atoms with Crippen molar-refractivity contribution in [1.29, 1.82) is 0 Å². The number of pyridine rings is 1. The van der Waals surface area contributed by atoms with Crippen molar-refractivity contribution < 1.29 is 9.66 Å². The van der Waals surface area contributed by atoms with Crippen molar-refractivity contribution in [2.24, 2.45) is 0 Å². The third-order valence-electron chi connectivity index (χ3n) is 2.88. The van der Waals surface area contributed by atoms with Gasteiger partial charge in [0.25, 0.3) is 0 Å². The van der Waals surface area contributed by atoms with Gasteiger partial charge in [0.15, 0.2) is 0 Å². The van der Waals surface area contributed by atoms with Crippen molar-refractivity contribution in [3.63, 3.8) is 0 Å². The highest BCUT2D eigenvalue weighted by Gasteiger charge is 2.15. The topological polar surface area (TPSA) is 91.3 Å². The van der Waals surface area contributed by atoms with Crippen LogP contribution in [0.15, 0.2) is 34.8 Å². The Balaban J connectivity index is 2.34. The first kappa shape index (κ1) is 15.2. The van der Waals surface area contributed by atoms with Crippen LogP contribution in [0.2, 0.25) is 0 Å². The molecule has 0 radical (unpaired) electrons. The van der Waals surface area contributed by atoms with E-state index in [4.69, 9.17) is 10.5 Å². The molecule has 0 bridgehead atoms. The zero-order valence-corrected chi connectivity index (χ0v) is 13.1. The number of ether oxygens (including phenoxy) is 1. The second kappa shape index (κ2) is 6.09. The largest absolute Gasteiger partial charge is 0.439 e. The van der Waals surface area contributed by atoms with E-state index in [-0.39, 0.29) is 23.3 Å². The summed E-state index contributed by atoms with van der Waals surface area (Å²) in [5.74, 6) is 0.963. The summed E-state index contributed by atoms with van der Waals surface area (Å²) in [6.07, 6.45) is 0. The number of nitrogens with two attached hydrogens (primary N) is 1. The van der Waals surface area contributed by atoms with Gasteiger partial charge in [0.05, 0.1) is 4.92 Å². The Morgan fingerprint density at radius 2 is 2.05 bits per heavy atom. The Bertz CT molecular complexity index is 689. The van der Waals surface area contributed by atoms with Crippen molar-refractivity contribution >= 4 is 27.4 Å². The molecule has 0 saturated heterocycles. The van der Waals surface area contributed by atoms with Gasteiger partial charge in [-0.15, -0.1) is 0 Å². The van der Waals surface area contributed by atoms with Crippen LogP contribution in [0.25, 0.3) is 0 Å². The highest BCUT2D eigenvalue weighted by Crippen LogP contribution is 2.33. The second-order valence-corrected chi connectivity index (χ2v) is 5.67. The first-order valence-corrected chi connectivity index (χ1v) is 7.06. The lowest BCUT2D eigenvalue weighted by molar-refractivity contribution is -0.384. The van der Waals surface area contributed by atoms with Crippen LogP contribution in [0.3, 0.4) is 0 Å². The number of nitrogens with zero attached hydrogens (tertiary/aromatic N) is 2. The predicted molar refractivity (Wildman–Crippen MR) is 83.6 cm³/mol. The van der Waals surface area contributed by atoms with Gasteiger partial charge in [-0.25, -0.2) is 0 Å². The molecule has 0 saturated carbocycles. The molecule has 2 aromatic rings. The minimum atomic E-state index is -0.578. The van der Waals surface area contributed by atoms with Crippen molar-refractivity contribution in [2.75, 3.05) is 5.73 Å². The minimum Gasteiger partial charge on any atom is -0.439 e. The highest BCUT2D eigenvalue weighted by atomic mass is 79.9. The smallest absolute Gasteiger partial charge is 0.311 e. The van der Waals surface area contributed by atoms with Crippen LogP contribution in [0.1, 0.15) is 25.3 Å². The third kappa shape index (κ3) is 3.49. The van der Waals surface area contributed by atoms with Gasteiger partial charge in [-0.05, 0) is 29.7 Å². The quantitative estimate of drug-likeness (QED) is 0.656. The van der Waals surface area contributed by atoms with Crippen LogP contribution < -0.4 is 10.5 Å². The lowest BCUT2D eigenvalue weighted by Gasteiger charge is -2.13. The number of aromatic nitrogens is 1. The molecule has 1 aromatic carbocycles. The van der Waals surface area contributed by atoms with Crippen molar-refractivity contribution in [3.05, 3.63) is 50.5 Å². The molecule has 2 N–H and O–H groups in total. The number of rotatable bonds is 4. The lowest BCUT2D eigenvalue weighted by Crippen LogP contribution is -2.00. The van der Waals surface area contributed by atoms with E-state index < -0.39 is 4.92 Å². The van der Waals surface area contributed by atoms with E-state index in [9.17, 15) is 10.1 Å². The first-order chi connectivity index (χ1) is 9.88. The van der Waals surface area contributed by atoms with Gasteiger partial charge in [-0.1, -0.05) is 29.8 Å². The van der Waals surface area contributed by atoms with Gasteiger partial charge in [-0.3, -0.25) is 10.1 Å². The number of hydrogen-bond donors (Lipinski definition) is 1. The molecule has 110 valence electrons. The summed E-state index contributed by atoms with van der Waals surface area (Å²) < 4.78 is 6.66. The normalized spacial score (nSPS) is 10.7.